The molecule has 1 atom stereocenters. The molecule has 3 aromatic rings. The number of rotatable bonds is 8. The fourth-order valence-electron chi connectivity index (χ4n) is 3.10. The van der Waals surface area contributed by atoms with Gasteiger partial charge in [0.05, 0.1) is 23.7 Å². The smallest absolute Gasteiger partial charge is 0.282 e. The van der Waals surface area contributed by atoms with Gasteiger partial charge in [-0.05, 0) is 53.5 Å². The van der Waals surface area contributed by atoms with E-state index in [9.17, 15) is 4.79 Å². The molecular formula is C23H21Br2ClN4O3. The lowest BCUT2D eigenvalue weighted by Crippen LogP contribution is -2.23. The van der Waals surface area contributed by atoms with E-state index in [0.717, 1.165) is 10.9 Å². The van der Waals surface area contributed by atoms with Crippen LogP contribution in [0.3, 0.4) is 0 Å². The average molecular weight is 597 g/mol. The zero-order chi connectivity index (χ0) is 24.1. The Bertz CT molecular complexity index is 1320. The molecule has 7 nitrogen and oxygen atoms in total. The molecule has 2 aromatic carbocycles. The molecule has 1 heterocycles. The van der Waals surface area contributed by atoms with E-state index >= 15 is 0 Å². The molecule has 0 N–H and O–H groups in total. The van der Waals surface area contributed by atoms with Gasteiger partial charge in [-0.25, -0.2) is 4.98 Å². The average Bonchev–Trinajstić information content (AvgIpc) is 2.81. The van der Waals surface area contributed by atoms with Crippen molar-refractivity contribution < 1.29 is 9.47 Å². The van der Waals surface area contributed by atoms with Gasteiger partial charge in [0.15, 0.2) is 18.1 Å². The van der Waals surface area contributed by atoms with E-state index in [2.05, 4.69) is 37.0 Å². The lowest BCUT2D eigenvalue weighted by atomic mass is 10.1. The number of halogens is 3. The fraction of sp³-hybridized carbons (Fsp3) is 0.304. The van der Waals surface area contributed by atoms with Gasteiger partial charge < -0.3 is 9.47 Å². The molecule has 3 rings (SSSR count). The number of nitriles is 1. The summed E-state index contributed by atoms with van der Waals surface area (Å²) in [4.78, 5) is 18.0. The SMILES string of the molecule is CCOc1cc(C=Nn2c([C@@H](C)CC)nc3ccc(Br)cc3c2=O)c(Br)c(Cl)c1OCC#N. The molecule has 0 amide bonds. The van der Waals surface area contributed by atoms with Crippen molar-refractivity contribution in [2.24, 2.45) is 5.10 Å². The zero-order valence-corrected chi connectivity index (χ0v) is 22.2. The van der Waals surface area contributed by atoms with Crippen molar-refractivity contribution in [1.29, 1.82) is 5.26 Å². The lowest BCUT2D eigenvalue weighted by Gasteiger charge is -2.15. The highest BCUT2D eigenvalue weighted by Gasteiger charge is 2.19. The van der Waals surface area contributed by atoms with Gasteiger partial charge in [-0.15, -0.1) is 0 Å². The van der Waals surface area contributed by atoms with E-state index in [0.29, 0.717) is 39.1 Å². The molecule has 0 aliphatic carbocycles. The first kappa shape index (κ1) is 25.2. The fourth-order valence-corrected chi connectivity index (χ4v) is 4.11. The van der Waals surface area contributed by atoms with E-state index < -0.39 is 0 Å². The quantitative estimate of drug-likeness (QED) is 0.286. The van der Waals surface area contributed by atoms with Crippen LogP contribution in [0.4, 0.5) is 0 Å². The van der Waals surface area contributed by atoms with Crippen LogP contribution in [0.25, 0.3) is 10.9 Å². The predicted molar refractivity (Wildman–Crippen MR) is 137 cm³/mol. The van der Waals surface area contributed by atoms with Crippen molar-refractivity contribution in [2.75, 3.05) is 13.2 Å². The number of hydrogen-bond acceptors (Lipinski definition) is 6. The molecule has 0 aliphatic rings. The summed E-state index contributed by atoms with van der Waals surface area (Å²) in [5.41, 5.74) is 0.921. The summed E-state index contributed by atoms with van der Waals surface area (Å²) in [7, 11) is 0. The third-order valence-corrected chi connectivity index (χ3v) is 6.87. The van der Waals surface area contributed by atoms with Crippen molar-refractivity contribution in [3.05, 3.63) is 60.0 Å². The molecule has 1 aromatic heterocycles. The second-order valence-electron chi connectivity index (χ2n) is 7.10. The van der Waals surface area contributed by atoms with Gasteiger partial charge in [0.25, 0.3) is 5.56 Å². The maximum Gasteiger partial charge on any atom is 0.282 e. The highest BCUT2D eigenvalue weighted by atomic mass is 79.9. The van der Waals surface area contributed by atoms with Crippen molar-refractivity contribution in [3.63, 3.8) is 0 Å². The Morgan fingerprint density at radius 2 is 2.06 bits per heavy atom. The van der Waals surface area contributed by atoms with Gasteiger partial charge in [0.1, 0.15) is 16.9 Å². The van der Waals surface area contributed by atoms with Gasteiger partial charge >= 0.3 is 0 Å². The summed E-state index contributed by atoms with van der Waals surface area (Å²) in [6, 6.07) is 9.00. The van der Waals surface area contributed by atoms with E-state index in [1.54, 1.807) is 12.1 Å². The maximum atomic E-state index is 13.3. The maximum absolute atomic E-state index is 13.3. The van der Waals surface area contributed by atoms with Gasteiger partial charge in [-0.1, -0.05) is 41.4 Å². The van der Waals surface area contributed by atoms with Gasteiger partial charge in [0.2, 0.25) is 0 Å². The Labute approximate surface area is 213 Å². The summed E-state index contributed by atoms with van der Waals surface area (Å²) >= 11 is 13.4. The Morgan fingerprint density at radius 3 is 2.73 bits per heavy atom. The zero-order valence-electron chi connectivity index (χ0n) is 18.2. The van der Waals surface area contributed by atoms with E-state index in [4.69, 9.17) is 31.3 Å². The molecule has 0 fully saturated rings. The number of fused-ring (bicyclic) bond motifs is 1. The van der Waals surface area contributed by atoms with E-state index in [1.807, 2.05) is 39.0 Å². The standard InChI is InChI=1S/C23H21Br2ClN4O3/c1-4-13(3)22-29-17-7-6-15(24)11-16(17)23(31)30(22)28-12-14-10-18(32-5-2)21(33-9-8-27)20(26)19(14)25/h6-7,10-13H,4-5,9H2,1-3H3/t13-/m0/s1. The minimum absolute atomic E-state index is 0.00988. The van der Waals surface area contributed by atoms with Gasteiger partial charge in [-0.3, -0.25) is 4.79 Å². The number of benzene rings is 2. The number of aromatic nitrogens is 2. The highest BCUT2D eigenvalue weighted by Crippen LogP contribution is 2.42. The summed E-state index contributed by atoms with van der Waals surface area (Å²) in [5, 5.41) is 14.0. The molecule has 0 saturated carbocycles. The Kier molecular flexibility index (Phi) is 8.51. The first-order chi connectivity index (χ1) is 15.8. The second-order valence-corrected chi connectivity index (χ2v) is 9.19. The number of hydrogen-bond donors (Lipinski definition) is 0. The molecule has 0 unspecified atom stereocenters. The molecule has 0 spiro atoms. The third kappa shape index (κ3) is 5.40. The topological polar surface area (TPSA) is 89.5 Å². The van der Waals surface area contributed by atoms with Gasteiger partial charge in [-0.2, -0.15) is 15.0 Å². The van der Waals surface area contributed by atoms with Crippen molar-refractivity contribution in [2.45, 2.75) is 33.1 Å². The summed E-state index contributed by atoms with van der Waals surface area (Å²) in [5.74, 6) is 1.21. The molecule has 0 radical (unpaired) electrons. The Balaban J connectivity index is 2.18. The van der Waals surface area contributed by atoms with Crippen LogP contribution in [0.5, 0.6) is 11.5 Å². The summed E-state index contributed by atoms with van der Waals surface area (Å²) in [6.07, 6.45) is 2.31. The van der Waals surface area contributed by atoms with Crippen LogP contribution in [0, 0.1) is 11.3 Å². The molecule has 10 heteroatoms. The van der Waals surface area contributed by atoms with Crippen molar-refractivity contribution in [3.8, 4) is 17.6 Å². The molecule has 172 valence electrons. The predicted octanol–water partition coefficient (Wildman–Crippen LogP) is 6.27. The number of ether oxygens (including phenoxy) is 2. The monoisotopic (exact) mass is 594 g/mol. The minimum atomic E-state index is -0.269. The van der Waals surface area contributed by atoms with Crippen LogP contribution in [-0.4, -0.2) is 29.1 Å². The van der Waals surface area contributed by atoms with Crippen molar-refractivity contribution >= 4 is 60.6 Å². The first-order valence-electron chi connectivity index (χ1n) is 10.2. The van der Waals surface area contributed by atoms with Crippen LogP contribution in [0.15, 0.2) is 43.1 Å². The molecule has 0 saturated heterocycles. The second kappa shape index (κ2) is 11.1. The van der Waals surface area contributed by atoms with Crippen LogP contribution in [0.1, 0.15) is 44.5 Å². The van der Waals surface area contributed by atoms with Gasteiger partial charge in [0, 0.05) is 20.4 Å². The summed E-state index contributed by atoms with van der Waals surface area (Å²) < 4.78 is 13.7. The molecule has 0 bridgehead atoms. The highest BCUT2D eigenvalue weighted by molar-refractivity contribution is 9.10. The molecular weight excluding hydrogens is 576 g/mol. The normalized spacial score (nSPS) is 12.2. The largest absolute Gasteiger partial charge is 0.490 e. The van der Waals surface area contributed by atoms with E-state index in [-0.39, 0.29) is 28.9 Å². The van der Waals surface area contributed by atoms with Crippen LogP contribution >= 0.6 is 43.5 Å². The van der Waals surface area contributed by atoms with Crippen LogP contribution in [-0.2, 0) is 0 Å². The first-order valence-corrected chi connectivity index (χ1v) is 12.2. The lowest BCUT2D eigenvalue weighted by molar-refractivity contribution is 0.298. The Hall–Kier alpha value is -2.41. The van der Waals surface area contributed by atoms with Crippen LogP contribution in [0.2, 0.25) is 5.02 Å². The number of nitrogens with zero attached hydrogens (tertiary/aromatic N) is 4. The van der Waals surface area contributed by atoms with E-state index in [1.165, 1.54) is 10.9 Å². The Morgan fingerprint density at radius 1 is 1.30 bits per heavy atom. The molecule has 0 aliphatic heterocycles. The van der Waals surface area contributed by atoms with Crippen molar-refractivity contribution in [1.82, 2.24) is 9.66 Å². The minimum Gasteiger partial charge on any atom is -0.490 e. The van der Waals surface area contributed by atoms with Crippen LogP contribution < -0.4 is 15.0 Å². The summed E-state index contributed by atoms with van der Waals surface area (Å²) in [6.45, 7) is 6.06. The third-order valence-electron chi connectivity index (χ3n) is 4.94. The molecule has 33 heavy (non-hydrogen) atoms.